The quantitative estimate of drug-likeness (QED) is 0.549. The summed E-state index contributed by atoms with van der Waals surface area (Å²) < 4.78 is 0. The van der Waals surface area contributed by atoms with Gasteiger partial charge < -0.3 is 10.7 Å². The number of aromatic nitrogens is 4. The van der Waals surface area contributed by atoms with Gasteiger partial charge in [0.2, 0.25) is 5.95 Å². The fraction of sp³-hybridized carbons (Fsp3) is 0. The zero-order chi connectivity index (χ0) is 13.8. The average Bonchev–Trinajstić information content (AvgIpc) is 2.81. The Hall–Kier alpha value is -3.19. The van der Waals surface area contributed by atoms with Crippen LogP contribution < -0.4 is 16.6 Å². The van der Waals surface area contributed by atoms with Gasteiger partial charge >= 0.3 is 6.03 Å². The molecule has 2 heterocycles. The number of hydrogen-bond acceptors (Lipinski definition) is 5. The van der Waals surface area contributed by atoms with E-state index in [0.29, 0.717) is 0 Å². The zero-order valence-electron chi connectivity index (χ0n) is 9.43. The summed E-state index contributed by atoms with van der Waals surface area (Å²) in [5.74, 6) is 1.58. The van der Waals surface area contributed by atoms with Crippen molar-refractivity contribution in [2.45, 2.75) is 0 Å². The van der Waals surface area contributed by atoms with Crippen LogP contribution in [-0.4, -0.2) is 31.9 Å². The van der Waals surface area contributed by atoms with E-state index in [1.54, 1.807) is 0 Å². The summed E-state index contributed by atoms with van der Waals surface area (Å²) in [5.41, 5.74) is 4.40. The monoisotopic (exact) mass is 260 g/mol. The molecule has 0 saturated heterocycles. The molecule has 0 aliphatic rings. The van der Waals surface area contributed by atoms with Crippen molar-refractivity contribution in [1.29, 1.82) is 0 Å². The van der Waals surface area contributed by atoms with E-state index < -0.39 is 11.6 Å². The third-order valence-corrected chi connectivity index (χ3v) is 2.12. The lowest BCUT2D eigenvalue weighted by Crippen LogP contribution is -2.24. The molecule has 0 spiro atoms. The standard InChI is InChI=1S/C10H8N6O3/c11-9(19)16-10-14-5(1-4-17)6(8(18)15-10)7-12-2-3-13-7/h1-3H,(H,12,13)(H4,11,14,15,16,18,19). The molecule has 5 N–H and O–H groups in total. The van der Waals surface area contributed by atoms with Crippen molar-refractivity contribution < 1.29 is 9.59 Å². The van der Waals surface area contributed by atoms with Gasteiger partial charge in [0.25, 0.3) is 5.56 Å². The number of H-pyrrole nitrogens is 2. The van der Waals surface area contributed by atoms with Gasteiger partial charge in [-0.05, 0) is 0 Å². The van der Waals surface area contributed by atoms with Crippen LogP contribution in [0.2, 0.25) is 0 Å². The molecule has 0 unspecified atom stereocenters. The molecule has 0 aliphatic heterocycles. The van der Waals surface area contributed by atoms with Gasteiger partial charge in [-0.25, -0.2) is 19.6 Å². The number of aromatic amines is 2. The van der Waals surface area contributed by atoms with E-state index in [2.05, 4.69) is 25.3 Å². The fourth-order valence-electron chi connectivity index (χ4n) is 1.46. The number of amides is 2. The van der Waals surface area contributed by atoms with Gasteiger partial charge in [0.05, 0.1) is 5.69 Å². The van der Waals surface area contributed by atoms with Gasteiger partial charge in [-0.3, -0.25) is 15.1 Å². The summed E-state index contributed by atoms with van der Waals surface area (Å²) in [5, 5.41) is 2.11. The van der Waals surface area contributed by atoms with Crippen molar-refractivity contribution in [2.75, 3.05) is 5.32 Å². The molecular weight excluding hydrogens is 252 g/mol. The van der Waals surface area contributed by atoms with Crippen LogP contribution in [0.15, 0.2) is 17.2 Å². The van der Waals surface area contributed by atoms with Crippen molar-refractivity contribution in [3.05, 3.63) is 28.4 Å². The highest BCUT2D eigenvalue weighted by molar-refractivity contribution is 5.86. The van der Waals surface area contributed by atoms with Crippen molar-refractivity contribution in [3.63, 3.8) is 0 Å². The van der Waals surface area contributed by atoms with Gasteiger partial charge in [-0.1, -0.05) is 0 Å². The van der Waals surface area contributed by atoms with E-state index in [1.165, 1.54) is 18.3 Å². The molecular formula is C10H8N6O3. The maximum atomic E-state index is 11.9. The smallest absolute Gasteiger partial charge is 0.318 e. The number of carbonyl (C=O) groups is 1. The van der Waals surface area contributed by atoms with Gasteiger partial charge in [-0.15, -0.1) is 0 Å². The Kier molecular flexibility index (Phi) is 3.22. The number of hydrogen-bond donors (Lipinski definition) is 4. The van der Waals surface area contributed by atoms with E-state index in [-0.39, 0.29) is 23.0 Å². The Morgan fingerprint density at radius 2 is 2.32 bits per heavy atom. The minimum Gasteiger partial charge on any atom is -0.351 e. The zero-order valence-corrected chi connectivity index (χ0v) is 9.43. The maximum absolute atomic E-state index is 11.9. The van der Waals surface area contributed by atoms with Crippen LogP contribution in [0, 0.1) is 0 Å². The molecule has 0 aliphatic carbocycles. The van der Waals surface area contributed by atoms with E-state index in [4.69, 9.17) is 5.73 Å². The predicted octanol–water partition coefficient (Wildman–Crippen LogP) is -0.505. The van der Waals surface area contributed by atoms with E-state index in [9.17, 15) is 14.4 Å². The van der Waals surface area contributed by atoms with Crippen LogP contribution in [0.5, 0.6) is 0 Å². The van der Waals surface area contributed by atoms with Gasteiger partial charge in [-0.2, -0.15) is 0 Å². The molecule has 19 heavy (non-hydrogen) atoms. The van der Waals surface area contributed by atoms with Crippen LogP contribution in [-0.2, 0) is 4.79 Å². The molecule has 2 amide bonds. The largest absolute Gasteiger partial charge is 0.351 e. The van der Waals surface area contributed by atoms with Gasteiger partial charge in [0, 0.05) is 18.5 Å². The lowest BCUT2D eigenvalue weighted by atomic mass is 10.2. The summed E-state index contributed by atoms with van der Waals surface area (Å²) in [6.45, 7) is 0. The van der Waals surface area contributed by atoms with Crippen LogP contribution in [0.25, 0.3) is 17.5 Å². The van der Waals surface area contributed by atoms with Crippen LogP contribution in [0.4, 0.5) is 10.7 Å². The number of nitrogens with one attached hydrogen (secondary N) is 3. The molecule has 0 bridgehead atoms. The Balaban J connectivity index is 2.64. The number of imidazole rings is 1. The molecule has 2 rings (SSSR count). The van der Waals surface area contributed by atoms with Crippen LogP contribution in [0.1, 0.15) is 5.69 Å². The SMILES string of the molecule is NC(=O)Nc1nc(C=C=O)c(-c2ncc[nH]2)c(=O)[nH]1. The van der Waals surface area contributed by atoms with Crippen molar-refractivity contribution in [1.82, 2.24) is 19.9 Å². The summed E-state index contributed by atoms with van der Waals surface area (Å²) >= 11 is 0. The van der Waals surface area contributed by atoms with Gasteiger partial charge in [0.15, 0.2) is 0 Å². The Morgan fingerprint density at radius 1 is 1.53 bits per heavy atom. The van der Waals surface area contributed by atoms with E-state index in [1.807, 2.05) is 0 Å². The number of urea groups is 1. The topological polar surface area (TPSA) is 147 Å². The lowest BCUT2D eigenvalue weighted by Gasteiger charge is -2.04. The Labute approximate surface area is 105 Å². The molecule has 0 atom stereocenters. The molecule has 9 nitrogen and oxygen atoms in total. The first-order chi connectivity index (χ1) is 9.11. The van der Waals surface area contributed by atoms with E-state index >= 15 is 0 Å². The number of nitrogens with zero attached hydrogens (tertiary/aromatic N) is 2. The third-order valence-electron chi connectivity index (χ3n) is 2.12. The summed E-state index contributed by atoms with van der Waals surface area (Å²) in [6.07, 6.45) is 3.91. The van der Waals surface area contributed by atoms with Crippen molar-refractivity contribution in [2.24, 2.45) is 5.73 Å². The second kappa shape index (κ2) is 4.98. The molecule has 0 saturated carbocycles. The van der Waals surface area contributed by atoms with Gasteiger partial charge in [0.1, 0.15) is 17.3 Å². The highest BCUT2D eigenvalue weighted by atomic mass is 16.2. The van der Waals surface area contributed by atoms with E-state index in [0.717, 1.165) is 6.08 Å². The molecule has 96 valence electrons. The summed E-state index contributed by atoms with van der Waals surface area (Å²) in [4.78, 5) is 45.9. The first-order valence-corrected chi connectivity index (χ1v) is 5.03. The Morgan fingerprint density at radius 3 is 2.89 bits per heavy atom. The second-order valence-electron chi connectivity index (χ2n) is 3.36. The van der Waals surface area contributed by atoms with Crippen LogP contribution in [0.3, 0.4) is 0 Å². The fourth-order valence-corrected chi connectivity index (χ4v) is 1.46. The number of carbonyl (C=O) groups excluding carboxylic acids is 2. The number of anilines is 1. The number of nitrogens with two attached hydrogens (primary N) is 1. The average molecular weight is 260 g/mol. The molecule has 0 radical (unpaired) electrons. The minimum atomic E-state index is -0.894. The predicted molar refractivity (Wildman–Crippen MR) is 65.8 cm³/mol. The molecule has 0 aromatic carbocycles. The molecule has 2 aromatic heterocycles. The molecule has 9 heteroatoms. The van der Waals surface area contributed by atoms with Crippen molar-refractivity contribution >= 4 is 24.0 Å². The number of rotatable bonds is 3. The normalized spacial score (nSPS) is 9.68. The number of primary amides is 1. The minimum absolute atomic E-state index is 0.0115. The molecule has 0 fully saturated rings. The lowest BCUT2D eigenvalue weighted by molar-refractivity contribution is 0.259. The van der Waals surface area contributed by atoms with Crippen LogP contribution >= 0.6 is 0 Å². The van der Waals surface area contributed by atoms with Crippen molar-refractivity contribution in [3.8, 4) is 11.4 Å². The first-order valence-electron chi connectivity index (χ1n) is 5.03. The Bertz CT molecular complexity index is 711. The second-order valence-corrected chi connectivity index (χ2v) is 3.36. The third kappa shape index (κ3) is 2.56. The summed E-state index contributed by atoms with van der Waals surface area (Å²) in [7, 11) is 0. The summed E-state index contributed by atoms with van der Waals surface area (Å²) in [6, 6.07) is -0.894. The maximum Gasteiger partial charge on any atom is 0.318 e. The highest BCUT2D eigenvalue weighted by Gasteiger charge is 2.14. The first kappa shape index (κ1) is 12.3. The highest BCUT2D eigenvalue weighted by Crippen LogP contribution is 2.15. The molecule has 2 aromatic rings.